The lowest BCUT2D eigenvalue weighted by molar-refractivity contribution is -0.117. The van der Waals surface area contributed by atoms with Gasteiger partial charge in [-0.1, -0.05) is 11.8 Å². The molecule has 0 saturated heterocycles. The number of benzene rings is 1. The van der Waals surface area contributed by atoms with E-state index in [0.717, 1.165) is 0 Å². The third kappa shape index (κ3) is 4.53. The summed E-state index contributed by atoms with van der Waals surface area (Å²) in [6.07, 6.45) is 0.169. The second-order valence-corrected chi connectivity index (χ2v) is 3.45. The van der Waals surface area contributed by atoms with E-state index in [1.54, 1.807) is 6.07 Å². The number of amides is 1. The molecule has 5 heteroatoms. The molecule has 0 radical (unpaired) electrons. The van der Waals surface area contributed by atoms with Gasteiger partial charge in [-0.05, 0) is 18.2 Å². The fourth-order valence-corrected chi connectivity index (χ4v) is 1.24. The average molecular weight is 251 g/mol. The summed E-state index contributed by atoms with van der Waals surface area (Å²) in [5.41, 5.74) is 0.544. The number of methoxy groups -OCH3 is 1. The van der Waals surface area contributed by atoms with Gasteiger partial charge >= 0.3 is 0 Å². The molecule has 0 unspecified atom stereocenters. The molecule has 2 N–H and O–H groups in total. The number of hydrogen-bond donors (Lipinski definition) is 2. The molecule has 18 heavy (non-hydrogen) atoms. The number of carbonyl (C=O) groups excluding carboxylic acids is 1. The van der Waals surface area contributed by atoms with Crippen LogP contribution in [0.2, 0.25) is 0 Å². The van der Waals surface area contributed by atoms with E-state index in [4.69, 9.17) is 9.84 Å². The Morgan fingerprint density at radius 1 is 1.56 bits per heavy atom. The number of carbonyl (C=O) groups is 1. The maximum Gasteiger partial charge on any atom is 0.226 e. The molecule has 0 spiro atoms. The maximum absolute atomic E-state index is 13.6. The second kappa shape index (κ2) is 7.43. The van der Waals surface area contributed by atoms with Crippen LogP contribution < -0.4 is 5.32 Å². The summed E-state index contributed by atoms with van der Waals surface area (Å²) in [4.78, 5) is 11.4. The Balaban J connectivity index is 2.70. The molecule has 1 rings (SSSR count). The van der Waals surface area contributed by atoms with Crippen molar-refractivity contribution in [3.05, 3.63) is 29.6 Å². The van der Waals surface area contributed by atoms with Gasteiger partial charge in [0.25, 0.3) is 0 Å². The minimum absolute atomic E-state index is 0.102. The Bertz CT molecular complexity index is 477. The Morgan fingerprint density at radius 3 is 2.94 bits per heavy atom. The molecule has 96 valence electrons. The van der Waals surface area contributed by atoms with Gasteiger partial charge in [0.1, 0.15) is 12.4 Å². The van der Waals surface area contributed by atoms with Crippen LogP contribution in [-0.4, -0.2) is 31.3 Å². The summed E-state index contributed by atoms with van der Waals surface area (Å²) in [7, 11) is 1.49. The summed E-state index contributed by atoms with van der Waals surface area (Å²) >= 11 is 0. The fraction of sp³-hybridized carbons (Fsp3) is 0.308. The molecule has 0 heterocycles. The topological polar surface area (TPSA) is 58.6 Å². The van der Waals surface area contributed by atoms with Gasteiger partial charge in [-0.25, -0.2) is 4.39 Å². The van der Waals surface area contributed by atoms with Crippen LogP contribution in [0.1, 0.15) is 12.0 Å². The quantitative estimate of drug-likeness (QED) is 0.789. The van der Waals surface area contributed by atoms with Crippen molar-refractivity contribution in [1.82, 2.24) is 0 Å². The van der Waals surface area contributed by atoms with Crippen LogP contribution in [0.5, 0.6) is 0 Å². The normalized spacial score (nSPS) is 9.50. The zero-order valence-corrected chi connectivity index (χ0v) is 10.00. The highest BCUT2D eigenvalue weighted by Crippen LogP contribution is 2.15. The van der Waals surface area contributed by atoms with E-state index < -0.39 is 5.82 Å². The number of rotatable bonds is 4. The highest BCUT2D eigenvalue weighted by atomic mass is 19.1. The number of anilines is 1. The Kier molecular flexibility index (Phi) is 5.85. The lowest BCUT2D eigenvalue weighted by Crippen LogP contribution is -2.14. The number of hydrogen-bond acceptors (Lipinski definition) is 3. The third-order valence-corrected chi connectivity index (χ3v) is 2.09. The van der Waals surface area contributed by atoms with Gasteiger partial charge in [0.05, 0.1) is 18.7 Å². The molecule has 1 aromatic carbocycles. The SMILES string of the molecule is COCCC(=O)Nc1ccc(C#CCO)cc1F. The minimum atomic E-state index is -0.564. The van der Waals surface area contributed by atoms with Crippen LogP contribution in [0.3, 0.4) is 0 Å². The molecule has 0 aromatic heterocycles. The van der Waals surface area contributed by atoms with Crippen LogP contribution in [0.15, 0.2) is 18.2 Å². The maximum atomic E-state index is 13.6. The van der Waals surface area contributed by atoms with Gasteiger partial charge in [0.2, 0.25) is 5.91 Å². The first-order valence-electron chi connectivity index (χ1n) is 5.35. The minimum Gasteiger partial charge on any atom is -0.384 e. The first-order valence-corrected chi connectivity index (χ1v) is 5.35. The first-order chi connectivity index (χ1) is 8.67. The molecule has 0 saturated carbocycles. The van der Waals surface area contributed by atoms with E-state index in [0.29, 0.717) is 5.56 Å². The highest BCUT2D eigenvalue weighted by Gasteiger charge is 2.07. The van der Waals surface area contributed by atoms with E-state index in [1.807, 2.05) is 0 Å². The van der Waals surface area contributed by atoms with Crippen molar-refractivity contribution in [3.63, 3.8) is 0 Å². The second-order valence-electron chi connectivity index (χ2n) is 3.45. The molecule has 1 amide bonds. The molecule has 0 bridgehead atoms. The number of nitrogens with one attached hydrogen (secondary N) is 1. The summed E-state index contributed by atoms with van der Waals surface area (Å²) in [5, 5.41) is 11.0. The van der Waals surface area contributed by atoms with E-state index >= 15 is 0 Å². The van der Waals surface area contributed by atoms with Crippen molar-refractivity contribution in [2.75, 3.05) is 25.6 Å². The average Bonchev–Trinajstić information content (AvgIpc) is 2.36. The predicted molar refractivity (Wildman–Crippen MR) is 65.5 cm³/mol. The lowest BCUT2D eigenvalue weighted by atomic mass is 10.2. The van der Waals surface area contributed by atoms with E-state index in [-0.39, 0.29) is 31.2 Å². The molecule has 0 aliphatic carbocycles. The van der Waals surface area contributed by atoms with Crippen molar-refractivity contribution >= 4 is 11.6 Å². The van der Waals surface area contributed by atoms with E-state index in [1.165, 1.54) is 19.2 Å². The number of aliphatic hydroxyl groups excluding tert-OH is 1. The standard InChI is InChI=1S/C13H14FNO3/c1-18-8-6-13(17)15-12-5-4-10(3-2-7-16)9-11(12)14/h4-5,9,16H,6-8H2,1H3,(H,15,17). The largest absolute Gasteiger partial charge is 0.384 e. The molecular formula is C13H14FNO3. The monoisotopic (exact) mass is 251 g/mol. The van der Waals surface area contributed by atoms with E-state index in [2.05, 4.69) is 17.2 Å². The first kappa shape index (κ1) is 14.2. The number of ether oxygens (including phenoxy) is 1. The van der Waals surface area contributed by atoms with Crippen molar-refractivity contribution in [2.45, 2.75) is 6.42 Å². The molecule has 0 aliphatic heterocycles. The van der Waals surface area contributed by atoms with E-state index in [9.17, 15) is 9.18 Å². The van der Waals surface area contributed by atoms with Gasteiger partial charge in [0, 0.05) is 12.7 Å². The van der Waals surface area contributed by atoms with Gasteiger partial charge in [-0.3, -0.25) is 4.79 Å². The van der Waals surface area contributed by atoms with Crippen LogP contribution in [-0.2, 0) is 9.53 Å². The number of aliphatic hydroxyl groups is 1. The molecular weight excluding hydrogens is 237 g/mol. The van der Waals surface area contributed by atoms with Crippen molar-refractivity contribution in [3.8, 4) is 11.8 Å². The smallest absolute Gasteiger partial charge is 0.226 e. The molecule has 0 aliphatic rings. The lowest BCUT2D eigenvalue weighted by Gasteiger charge is -2.06. The van der Waals surface area contributed by atoms with Crippen molar-refractivity contribution < 1.29 is 19.0 Å². The van der Waals surface area contributed by atoms with Crippen LogP contribution in [0.25, 0.3) is 0 Å². The van der Waals surface area contributed by atoms with Crippen molar-refractivity contribution in [2.24, 2.45) is 0 Å². The van der Waals surface area contributed by atoms with Crippen LogP contribution in [0, 0.1) is 17.7 Å². The van der Waals surface area contributed by atoms with Gasteiger partial charge in [0.15, 0.2) is 0 Å². The molecule has 0 fully saturated rings. The predicted octanol–water partition coefficient (Wildman–Crippen LogP) is 1.14. The highest BCUT2D eigenvalue weighted by molar-refractivity contribution is 5.90. The van der Waals surface area contributed by atoms with Gasteiger partial charge < -0.3 is 15.2 Å². The van der Waals surface area contributed by atoms with Crippen molar-refractivity contribution in [1.29, 1.82) is 0 Å². The summed E-state index contributed by atoms with van der Waals surface area (Å²) in [6.45, 7) is 0.00460. The Hall–Kier alpha value is -1.90. The Labute approximate surface area is 105 Å². The summed E-state index contributed by atoms with van der Waals surface area (Å²) < 4.78 is 18.3. The molecule has 0 atom stereocenters. The van der Waals surface area contributed by atoms with Crippen LogP contribution in [0.4, 0.5) is 10.1 Å². The molecule has 1 aromatic rings. The zero-order chi connectivity index (χ0) is 13.4. The zero-order valence-electron chi connectivity index (χ0n) is 10.00. The molecule has 4 nitrogen and oxygen atoms in total. The number of halogens is 1. The fourth-order valence-electron chi connectivity index (χ4n) is 1.24. The van der Waals surface area contributed by atoms with Gasteiger partial charge in [-0.2, -0.15) is 0 Å². The summed E-state index contributed by atoms with van der Waals surface area (Å²) in [5.74, 6) is 4.11. The van der Waals surface area contributed by atoms with Crippen LogP contribution >= 0.6 is 0 Å². The third-order valence-electron chi connectivity index (χ3n) is 2.09. The van der Waals surface area contributed by atoms with Gasteiger partial charge in [-0.15, -0.1) is 0 Å². The Morgan fingerprint density at radius 2 is 2.33 bits per heavy atom. The summed E-state index contributed by atoms with van der Waals surface area (Å²) in [6, 6.07) is 4.20.